The molecule has 0 fully saturated rings. The van der Waals surface area contributed by atoms with E-state index in [2.05, 4.69) is 16.0 Å². The summed E-state index contributed by atoms with van der Waals surface area (Å²) >= 11 is 1.41. The van der Waals surface area contributed by atoms with E-state index < -0.39 is 0 Å². The molecule has 0 radical (unpaired) electrons. The monoisotopic (exact) mass is 343 g/mol. The first-order valence-corrected chi connectivity index (χ1v) is 8.95. The number of pyridine rings is 2. The van der Waals surface area contributed by atoms with Crippen LogP contribution in [0.3, 0.4) is 0 Å². The quantitative estimate of drug-likeness (QED) is 0.434. The second kappa shape index (κ2) is 6.08. The largest absolute Gasteiger partial charge is 0.321 e. The predicted molar refractivity (Wildman–Crippen MR) is 102 cm³/mol. The Balaban J connectivity index is 2.32. The van der Waals surface area contributed by atoms with Gasteiger partial charge in [0.05, 0.1) is 16.6 Å². The van der Waals surface area contributed by atoms with E-state index in [0.29, 0.717) is 32.6 Å². The lowest BCUT2D eigenvalue weighted by molar-refractivity contribution is 1.14. The van der Waals surface area contributed by atoms with E-state index in [-0.39, 0.29) is 5.56 Å². The minimum atomic E-state index is -0.232. The summed E-state index contributed by atoms with van der Waals surface area (Å²) in [5, 5.41) is 12.3. The molecule has 2 aromatic carbocycles. The van der Waals surface area contributed by atoms with Gasteiger partial charge >= 0.3 is 0 Å². The van der Waals surface area contributed by atoms with Crippen LogP contribution in [0.1, 0.15) is 5.56 Å². The van der Waals surface area contributed by atoms with Crippen molar-refractivity contribution in [1.82, 2.24) is 9.97 Å². The maximum absolute atomic E-state index is 12.8. The lowest BCUT2D eigenvalue weighted by Crippen LogP contribution is -2.10. The molecule has 5 heteroatoms. The minimum absolute atomic E-state index is 0.232. The summed E-state index contributed by atoms with van der Waals surface area (Å²) in [4.78, 5) is 20.4. The Bertz CT molecular complexity index is 1210. The molecule has 2 heterocycles. The molecule has 0 amide bonds. The summed E-state index contributed by atoms with van der Waals surface area (Å²) in [6, 6.07) is 19.4. The number of hydrogen-bond donors (Lipinski definition) is 1. The number of rotatable bonds is 2. The highest BCUT2D eigenvalue weighted by Crippen LogP contribution is 2.35. The maximum Gasteiger partial charge on any atom is 0.258 e. The lowest BCUT2D eigenvalue weighted by atomic mass is 9.99. The molecular formula is C20H13N3OS. The first kappa shape index (κ1) is 15.4. The average molecular weight is 343 g/mol. The van der Waals surface area contributed by atoms with Gasteiger partial charge in [0.2, 0.25) is 0 Å². The molecule has 25 heavy (non-hydrogen) atoms. The first-order valence-electron chi connectivity index (χ1n) is 7.73. The highest BCUT2D eigenvalue weighted by atomic mass is 32.2. The van der Waals surface area contributed by atoms with Gasteiger partial charge in [0.1, 0.15) is 11.1 Å². The van der Waals surface area contributed by atoms with E-state index in [1.807, 2.05) is 60.9 Å². The van der Waals surface area contributed by atoms with Crippen LogP contribution in [-0.2, 0) is 0 Å². The fourth-order valence-electron chi connectivity index (χ4n) is 3.11. The molecule has 0 bridgehead atoms. The highest BCUT2D eigenvalue weighted by Gasteiger charge is 2.19. The number of aromatic nitrogens is 2. The van der Waals surface area contributed by atoms with Crippen LogP contribution in [0.15, 0.2) is 64.4 Å². The van der Waals surface area contributed by atoms with Gasteiger partial charge in [-0.2, -0.15) is 5.26 Å². The fourth-order valence-corrected chi connectivity index (χ4v) is 3.64. The van der Waals surface area contributed by atoms with E-state index in [1.54, 1.807) is 0 Å². The summed E-state index contributed by atoms with van der Waals surface area (Å²) in [5.41, 5.74) is 2.39. The van der Waals surface area contributed by atoms with E-state index >= 15 is 0 Å². The summed E-state index contributed by atoms with van der Waals surface area (Å²) in [6.45, 7) is 0. The second-order valence-corrected chi connectivity index (χ2v) is 6.37. The third-order valence-corrected chi connectivity index (χ3v) is 4.87. The highest BCUT2D eigenvalue weighted by molar-refractivity contribution is 7.98. The van der Waals surface area contributed by atoms with Gasteiger partial charge in [0.25, 0.3) is 5.56 Å². The smallest absolute Gasteiger partial charge is 0.258 e. The van der Waals surface area contributed by atoms with Gasteiger partial charge in [-0.25, -0.2) is 4.98 Å². The summed E-state index contributed by atoms with van der Waals surface area (Å²) in [6.07, 6.45) is 1.89. The fraction of sp³-hybridized carbons (Fsp3) is 0.0500. The molecular weight excluding hydrogens is 330 g/mol. The third-order valence-electron chi connectivity index (χ3n) is 4.19. The zero-order valence-corrected chi connectivity index (χ0v) is 14.2. The second-order valence-electron chi connectivity index (χ2n) is 5.57. The Morgan fingerprint density at radius 1 is 1.04 bits per heavy atom. The number of aromatic amines is 1. The van der Waals surface area contributed by atoms with Crippen LogP contribution in [0, 0.1) is 11.3 Å². The zero-order chi connectivity index (χ0) is 17.4. The summed E-state index contributed by atoms with van der Waals surface area (Å²) in [7, 11) is 0. The number of H-pyrrole nitrogens is 1. The lowest BCUT2D eigenvalue weighted by Gasteiger charge is -2.12. The number of nitrogens with zero attached hydrogens (tertiary/aromatic N) is 2. The van der Waals surface area contributed by atoms with Gasteiger partial charge < -0.3 is 4.98 Å². The van der Waals surface area contributed by atoms with E-state index in [9.17, 15) is 10.1 Å². The Hall–Kier alpha value is -3.10. The van der Waals surface area contributed by atoms with Crippen LogP contribution in [-0.4, -0.2) is 16.2 Å². The Morgan fingerprint density at radius 3 is 2.48 bits per heavy atom. The number of nitrogens with one attached hydrogen (secondary N) is 1. The van der Waals surface area contributed by atoms with Crippen molar-refractivity contribution in [2.45, 2.75) is 5.03 Å². The molecule has 0 spiro atoms. The number of fused-ring (bicyclic) bond motifs is 3. The van der Waals surface area contributed by atoms with Crippen molar-refractivity contribution < 1.29 is 0 Å². The molecule has 120 valence electrons. The average Bonchev–Trinajstić information content (AvgIpc) is 2.67. The van der Waals surface area contributed by atoms with Crippen molar-refractivity contribution in [1.29, 1.82) is 5.26 Å². The van der Waals surface area contributed by atoms with Gasteiger partial charge in [0.15, 0.2) is 0 Å². The van der Waals surface area contributed by atoms with Gasteiger partial charge in [-0.05, 0) is 12.3 Å². The number of benzene rings is 2. The normalized spacial score (nSPS) is 10.9. The number of para-hydroxylation sites is 1. The van der Waals surface area contributed by atoms with Gasteiger partial charge in [-0.3, -0.25) is 4.79 Å². The van der Waals surface area contributed by atoms with E-state index in [0.717, 1.165) is 10.9 Å². The van der Waals surface area contributed by atoms with Crippen molar-refractivity contribution in [3.63, 3.8) is 0 Å². The van der Waals surface area contributed by atoms with Crippen LogP contribution in [0.2, 0.25) is 0 Å². The molecule has 4 aromatic rings. The molecule has 0 aliphatic carbocycles. The molecule has 0 aliphatic rings. The SMILES string of the molecule is CSc1nc(-c2ccccc2)c2c(=O)[nH]c3ccccc3c2c1C#N. The summed E-state index contributed by atoms with van der Waals surface area (Å²) < 4.78 is 0. The number of hydrogen-bond acceptors (Lipinski definition) is 4. The Morgan fingerprint density at radius 2 is 1.76 bits per heavy atom. The molecule has 0 unspecified atom stereocenters. The van der Waals surface area contributed by atoms with Crippen molar-refractivity contribution in [3.8, 4) is 17.3 Å². The molecule has 2 aromatic heterocycles. The van der Waals surface area contributed by atoms with Gasteiger partial charge in [-0.15, -0.1) is 11.8 Å². The summed E-state index contributed by atoms with van der Waals surface area (Å²) in [5.74, 6) is 0. The minimum Gasteiger partial charge on any atom is -0.321 e. The van der Waals surface area contributed by atoms with Crippen molar-refractivity contribution in [3.05, 3.63) is 70.5 Å². The molecule has 4 rings (SSSR count). The topological polar surface area (TPSA) is 69.5 Å². The van der Waals surface area contributed by atoms with Crippen LogP contribution in [0.5, 0.6) is 0 Å². The van der Waals surface area contributed by atoms with Gasteiger partial charge in [0, 0.05) is 21.9 Å². The zero-order valence-electron chi connectivity index (χ0n) is 13.4. The van der Waals surface area contributed by atoms with Gasteiger partial charge in [-0.1, -0.05) is 48.5 Å². The van der Waals surface area contributed by atoms with Crippen LogP contribution in [0.4, 0.5) is 0 Å². The molecule has 4 nitrogen and oxygen atoms in total. The first-order chi connectivity index (χ1) is 12.2. The number of thioether (sulfide) groups is 1. The third kappa shape index (κ3) is 2.39. The van der Waals surface area contributed by atoms with Crippen LogP contribution in [0.25, 0.3) is 32.9 Å². The van der Waals surface area contributed by atoms with Crippen LogP contribution >= 0.6 is 11.8 Å². The van der Waals surface area contributed by atoms with Crippen molar-refractivity contribution >= 4 is 33.4 Å². The Labute approximate surface area is 148 Å². The number of nitriles is 1. The standard InChI is InChI=1S/C20H13N3OS/c1-25-20-14(11-21)16-13-9-5-6-10-15(13)22-19(24)17(16)18(23-20)12-7-3-2-4-8-12/h2-10H,1H3,(H,22,24). The molecule has 0 aliphatic heterocycles. The van der Waals surface area contributed by atoms with E-state index in [1.165, 1.54) is 11.8 Å². The van der Waals surface area contributed by atoms with Crippen molar-refractivity contribution in [2.75, 3.05) is 6.26 Å². The Kier molecular flexibility index (Phi) is 3.75. The maximum atomic E-state index is 12.8. The van der Waals surface area contributed by atoms with E-state index in [4.69, 9.17) is 0 Å². The van der Waals surface area contributed by atoms with Crippen LogP contribution < -0.4 is 5.56 Å². The predicted octanol–water partition coefficient (Wildman–Crippen LogP) is 4.34. The van der Waals surface area contributed by atoms with Crippen molar-refractivity contribution in [2.24, 2.45) is 0 Å². The molecule has 1 N–H and O–H groups in total. The molecule has 0 atom stereocenters. The molecule has 0 saturated heterocycles. The molecule has 0 saturated carbocycles.